The summed E-state index contributed by atoms with van der Waals surface area (Å²) < 4.78 is 11.3. The molecule has 0 amide bonds. The molecule has 0 atom stereocenters. The Morgan fingerprint density at radius 2 is 2.14 bits per heavy atom. The third-order valence-corrected chi connectivity index (χ3v) is 4.14. The number of thiophene rings is 1. The third kappa shape index (κ3) is 5.06. The van der Waals surface area contributed by atoms with Crippen molar-refractivity contribution < 1.29 is 9.47 Å². The largest absolute Gasteiger partial charge is 0.497 e. The maximum Gasteiger partial charge on any atom is 0.127 e. The van der Waals surface area contributed by atoms with Gasteiger partial charge in [-0.15, -0.1) is 11.3 Å². The maximum absolute atomic E-state index is 5.97. The van der Waals surface area contributed by atoms with Crippen molar-refractivity contribution in [2.45, 2.75) is 26.3 Å². The van der Waals surface area contributed by atoms with Gasteiger partial charge in [0.1, 0.15) is 11.5 Å². The number of nitrogens with one attached hydrogen (secondary N) is 1. The summed E-state index contributed by atoms with van der Waals surface area (Å²) in [7, 11) is 1.68. The molecular formula is C17H23NO2S. The second-order valence-electron chi connectivity index (χ2n) is 4.83. The first-order valence-electron chi connectivity index (χ1n) is 7.36. The molecule has 0 unspecified atom stereocenters. The van der Waals surface area contributed by atoms with Crippen molar-refractivity contribution >= 4 is 11.3 Å². The van der Waals surface area contributed by atoms with Gasteiger partial charge in [-0.3, -0.25) is 0 Å². The van der Waals surface area contributed by atoms with Crippen LogP contribution in [0, 0.1) is 0 Å². The van der Waals surface area contributed by atoms with Crippen LogP contribution < -0.4 is 14.8 Å². The molecule has 0 spiro atoms. The molecule has 3 nitrogen and oxygen atoms in total. The van der Waals surface area contributed by atoms with Gasteiger partial charge in [-0.1, -0.05) is 19.1 Å². The zero-order chi connectivity index (χ0) is 14.9. The Labute approximate surface area is 130 Å². The summed E-state index contributed by atoms with van der Waals surface area (Å²) in [5, 5.41) is 5.51. The molecule has 21 heavy (non-hydrogen) atoms. The van der Waals surface area contributed by atoms with Gasteiger partial charge in [0.2, 0.25) is 0 Å². The van der Waals surface area contributed by atoms with E-state index in [9.17, 15) is 0 Å². The van der Waals surface area contributed by atoms with Crippen molar-refractivity contribution in [1.82, 2.24) is 5.32 Å². The number of benzene rings is 1. The number of methoxy groups -OCH3 is 1. The van der Waals surface area contributed by atoms with E-state index in [0.29, 0.717) is 6.61 Å². The number of ether oxygens (including phenoxy) is 2. The molecule has 0 aliphatic heterocycles. The Morgan fingerprint density at radius 3 is 2.86 bits per heavy atom. The lowest BCUT2D eigenvalue weighted by Crippen LogP contribution is -2.15. The predicted octanol–water partition coefficient (Wildman–Crippen LogP) is 3.88. The molecule has 2 aromatic rings. The number of hydrogen-bond acceptors (Lipinski definition) is 4. The highest BCUT2D eigenvalue weighted by molar-refractivity contribution is 7.09. The quantitative estimate of drug-likeness (QED) is 0.713. The third-order valence-electron chi connectivity index (χ3n) is 3.20. The second kappa shape index (κ2) is 8.70. The highest BCUT2D eigenvalue weighted by atomic mass is 32.1. The highest BCUT2D eigenvalue weighted by Gasteiger charge is 2.06. The zero-order valence-corrected chi connectivity index (χ0v) is 13.5. The van der Waals surface area contributed by atoms with Gasteiger partial charge in [-0.2, -0.15) is 0 Å². The van der Waals surface area contributed by atoms with Crippen molar-refractivity contribution in [3.63, 3.8) is 0 Å². The fourth-order valence-corrected chi connectivity index (χ4v) is 2.75. The van der Waals surface area contributed by atoms with Crippen molar-refractivity contribution in [2.75, 3.05) is 20.3 Å². The molecule has 1 N–H and O–H groups in total. The normalized spacial score (nSPS) is 10.6. The average Bonchev–Trinajstić information content (AvgIpc) is 3.02. The molecule has 4 heteroatoms. The first-order valence-corrected chi connectivity index (χ1v) is 8.24. The lowest BCUT2D eigenvalue weighted by atomic mass is 10.2. The summed E-state index contributed by atoms with van der Waals surface area (Å²) in [6.07, 6.45) is 2.07. The maximum atomic E-state index is 5.97. The molecule has 0 aliphatic rings. The van der Waals surface area contributed by atoms with Gasteiger partial charge in [0.15, 0.2) is 0 Å². The van der Waals surface area contributed by atoms with Crippen LogP contribution in [-0.2, 0) is 13.0 Å². The topological polar surface area (TPSA) is 30.5 Å². The van der Waals surface area contributed by atoms with Crippen LogP contribution in [0.15, 0.2) is 35.7 Å². The van der Waals surface area contributed by atoms with Crippen LogP contribution in [-0.4, -0.2) is 20.3 Å². The van der Waals surface area contributed by atoms with Crippen LogP contribution >= 0.6 is 11.3 Å². The van der Waals surface area contributed by atoms with Gasteiger partial charge in [0.25, 0.3) is 0 Å². The molecule has 1 heterocycles. The van der Waals surface area contributed by atoms with Crippen LogP contribution in [0.5, 0.6) is 11.5 Å². The van der Waals surface area contributed by atoms with Crippen molar-refractivity contribution in [1.29, 1.82) is 0 Å². The molecule has 0 radical (unpaired) electrons. The number of rotatable bonds is 9. The molecule has 0 bridgehead atoms. The van der Waals surface area contributed by atoms with Gasteiger partial charge in [0, 0.05) is 29.5 Å². The molecule has 0 saturated heterocycles. The Kier molecular flexibility index (Phi) is 6.57. The predicted molar refractivity (Wildman–Crippen MR) is 88.5 cm³/mol. The lowest BCUT2D eigenvalue weighted by Gasteiger charge is -2.13. The van der Waals surface area contributed by atoms with Gasteiger partial charge < -0.3 is 14.8 Å². The minimum Gasteiger partial charge on any atom is -0.497 e. The molecule has 114 valence electrons. The molecular weight excluding hydrogens is 282 g/mol. The second-order valence-corrected chi connectivity index (χ2v) is 5.86. The van der Waals surface area contributed by atoms with Crippen LogP contribution in [0.4, 0.5) is 0 Å². The van der Waals surface area contributed by atoms with E-state index in [2.05, 4.69) is 35.8 Å². The van der Waals surface area contributed by atoms with E-state index in [1.54, 1.807) is 18.4 Å². The standard InChI is InChI=1S/C17H23NO2S/c1-3-9-18-13-14-6-7-15(19-2)12-17(14)20-10-8-16-5-4-11-21-16/h4-7,11-12,18H,3,8-10,13H2,1-2H3. The van der Waals surface area contributed by atoms with E-state index in [-0.39, 0.29) is 0 Å². The van der Waals surface area contributed by atoms with Crippen LogP contribution in [0.2, 0.25) is 0 Å². The van der Waals surface area contributed by atoms with E-state index in [0.717, 1.165) is 37.4 Å². The minimum atomic E-state index is 0.689. The van der Waals surface area contributed by atoms with Gasteiger partial charge in [-0.25, -0.2) is 0 Å². The lowest BCUT2D eigenvalue weighted by molar-refractivity contribution is 0.315. The fraction of sp³-hybridized carbons (Fsp3) is 0.412. The van der Waals surface area contributed by atoms with Gasteiger partial charge in [-0.05, 0) is 30.5 Å². The van der Waals surface area contributed by atoms with E-state index >= 15 is 0 Å². The number of hydrogen-bond donors (Lipinski definition) is 1. The van der Waals surface area contributed by atoms with Gasteiger partial charge >= 0.3 is 0 Å². The average molecular weight is 305 g/mol. The zero-order valence-electron chi connectivity index (χ0n) is 12.7. The van der Waals surface area contributed by atoms with Crippen LogP contribution in [0.1, 0.15) is 23.8 Å². The molecule has 1 aromatic heterocycles. The summed E-state index contributed by atoms with van der Waals surface area (Å²) >= 11 is 1.77. The summed E-state index contributed by atoms with van der Waals surface area (Å²) in [5.74, 6) is 1.75. The van der Waals surface area contributed by atoms with E-state index in [4.69, 9.17) is 9.47 Å². The van der Waals surface area contributed by atoms with Crippen LogP contribution in [0.25, 0.3) is 0 Å². The Balaban J connectivity index is 1.96. The smallest absolute Gasteiger partial charge is 0.127 e. The van der Waals surface area contributed by atoms with Crippen LogP contribution in [0.3, 0.4) is 0 Å². The Morgan fingerprint density at radius 1 is 1.24 bits per heavy atom. The Hall–Kier alpha value is -1.52. The Bertz CT molecular complexity index is 526. The summed E-state index contributed by atoms with van der Waals surface area (Å²) in [5.41, 5.74) is 1.18. The van der Waals surface area contributed by atoms with Crippen molar-refractivity contribution in [2.24, 2.45) is 0 Å². The molecule has 2 rings (SSSR count). The summed E-state index contributed by atoms with van der Waals surface area (Å²) in [6.45, 7) is 4.70. The summed E-state index contributed by atoms with van der Waals surface area (Å²) in [4.78, 5) is 1.35. The minimum absolute atomic E-state index is 0.689. The first-order chi connectivity index (χ1) is 10.3. The molecule has 0 saturated carbocycles. The van der Waals surface area contributed by atoms with E-state index < -0.39 is 0 Å². The highest BCUT2D eigenvalue weighted by Crippen LogP contribution is 2.25. The van der Waals surface area contributed by atoms with Crippen molar-refractivity contribution in [3.05, 3.63) is 46.2 Å². The van der Waals surface area contributed by atoms with Gasteiger partial charge in [0.05, 0.1) is 13.7 Å². The van der Waals surface area contributed by atoms with E-state index in [1.807, 2.05) is 12.1 Å². The summed E-state index contributed by atoms with van der Waals surface area (Å²) in [6, 6.07) is 10.2. The SMILES string of the molecule is CCCNCc1ccc(OC)cc1OCCc1cccs1. The monoisotopic (exact) mass is 305 g/mol. The molecule has 0 aliphatic carbocycles. The van der Waals surface area contributed by atoms with E-state index in [1.165, 1.54) is 10.4 Å². The fourth-order valence-electron chi connectivity index (χ4n) is 2.06. The molecule has 0 fully saturated rings. The molecule has 1 aromatic carbocycles. The first kappa shape index (κ1) is 15.9. The van der Waals surface area contributed by atoms with Crippen molar-refractivity contribution in [3.8, 4) is 11.5 Å².